The summed E-state index contributed by atoms with van der Waals surface area (Å²) in [5.41, 5.74) is 7.30. The van der Waals surface area contributed by atoms with E-state index in [2.05, 4.69) is 10.0 Å². The smallest absolute Gasteiger partial charge is 0.316 e. The average molecular weight is 319 g/mol. The van der Waals surface area contributed by atoms with Gasteiger partial charge in [0.1, 0.15) is 0 Å². The molecule has 4 N–H and O–H groups in total. The van der Waals surface area contributed by atoms with Gasteiger partial charge < -0.3 is 11.1 Å². The number of primary amides is 1. The minimum Gasteiger partial charge on any atom is -0.351 e. The van der Waals surface area contributed by atoms with Gasteiger partial charge in [-0.15, -0.1) is 0 Å². The number of sulfonamides is 1. The van der Waals surface area contributed by atoms with Crippen LogP contribution in [0.5, 0.6) is 0 Å². The molecule has 0 bridgehead atoms. The summed E-state index contributed by atoms with van der Waals surface area (Å²) in [6.07, 6.45) is 0. The topological polar surface area (TPSA) is 101 Å². The lowest BCUT2D eigenvalue weighted by Gasteiger charge is -2.12. The fourth-order valence-electron chi connectivity index (χ4n) is 2.01. The molecule has 0 unspecified atom stereocenters. The van der Waals surface area contributed by atoms with Crippen LogP contribution >= 0.6 is 0 Å². The second kappa shape index (κ2) is 6.07. The zero-order chi connectivity index (χ0) is 16.3. The van der Waals surface area contributed by atoms with Crippen molar-refractivity contribution in [3.05, 3.63) is 53.6 Å². The van der Waals surface area contributed by atoms with Gasteiger partial charge in [0.05, 0.1) is 10.6 Å². The molecular formula is C15H17N3O3S. The fraction of sp³-hybridized carbons (Fsp3) is 0.133. The number of carbonyl (C=O) groups excluding carboxylic acids is 1. The molecule has 0 saturated heterocycles. The van der Waals surface area contributed by atoms with Gasteiger partial charge in [0.2, 0.25) is 0 Å². The van der Waals surface area contributed by atoms with E-state index in [1.165, 1.54) is 6.07 Å². The van der Waals surface area contributed by atoms with Gasteiger partial charge in [0.15, 0.2) is 0 Å². The molecule has 2 amide bonds. The minimum absolute atomic E-state index is 0.223. The van der Waals surface area contributed by atoms with Crippen molar-refractivity contribution in [3.63, 3.8) is 0 Å². The monoisotopic (exact) mass is 319 g/mol. The molecule has 2 aromatic carbocycles. The molecule has 0 spiro atoms. The van der Waals surface area contributed by atoms with Crippen LogP contribution < -0.4 is 15.8 Å². The van der Waals surface area contributed by atoms with Crippen LogP contribution in [-0.2, 0) is 10.0 Å². The van der Waals surface area contributed by atoms with Gasteiger partial charge in [0, 0.05) is 5.69 Å². The maximum Gasteiger partial charge on any atom is 0.316 e. The second-order valence-electron chi connectivity index (χ2n) is 4.94. The summed E-state index contributed by atoms with van der Waals surface area (Å²) >= 11 is 0. The quantitative estimate of drug-likeness (QED) is 0.807. The molecule has 2 aromatic rings. The summed E-state index contributed by atoms with van der Waals surface area (Å²) in [5.74, 6) is 0. The van der Waals surface area contributed by atoms with Crippen LogP contribution in [0.2, 0.25) is 0 Å². The van der Waals surface area contributed by atoms with Crippen LogP contribution in [0.15, 0.2) is 47.4 Å². The molecule has 0 heterocycles. The van der Waals surface area contributed by atoms with Gasteiger partial charge in [-0.1, -0.05) is 18.2 Å². The first kappa shape index (κ1) is 15.8. The Bertz CT molecular complexity index is 817. The number of nitrogens with one attached hydrogen (secondary N) is 2. The molecule has 116 valence electrons. The van der Waals surface area contributed by atoms with Gasteiger partial charge in [-0.2, -0.15) is 0 Å². The highest BCUT2D eigenvalue weighted by atomic mass is 32.2. The lowest BCUT2D eigenvalue weighted by atomic mass is 10.2. The SMILES string of the molecule is Cc1ccc(C)c(S(=O)(=O)Nc2cccc(NC(N)=O)c2)c1. The van der Waals surface area contributed by atoms with E-state index in [0.29, 0.717) is 16.9 Å². The Morgan fingerprint density at radius 1 is 1.05 bits per heavy atom. The number of hydrogen-bond acceptors (Lipinski definition) is 3. The number of nitrogens with two attached hydrogens (primary N) is 1. The maximum atomic E-state index is 12.5. The van der Waals surface area contributed by atoms with E-state index in [4.69, 9.17) is 5.73 Å². The van der Waals surface area contributed by atoms with E-state index in [1.54, 1.807) is 37.3 Å². The lowest BCUT2D eigenvalue weighted by Crippen LogP contribution is -2.19. The molecule has 0 aliphatic heterocycles. The third-order valence-corrected chi connectivity index (χ3v) is 4.54. The Balaban J connectivity index is 2.33. The van der Waals surface area contributed by atoms with E-state index in [0.717, 1.165) is 5.56 Å². The highest BCUT2D eigenvalue weighted by Crippen LogP contribution is 2.22. The molecule has 6 nitrogen and oxygen atoms in total. The molecule has 0 aliphatic carbocycles. The zero-order valence-electron chi connectivity index (χ0n) is 12.3. The van der Waals surface area contributed by atoms with Crippen LogP contribution in [-0.4, -0.2) is 14.4 Å². The van der Waals surface area contributed by atoms with Crippen molar-refractivity contribution in [1.82, 2.24) is 0 Å². The Morgan fingerprint density at radius 3 is 2.41 bits per heavy atom. The predicted octanol–water partition coefficient (Wildman–Crippen LogP) is 2.59. The van der Waals surface area contributed by atoms with Gasteiger partial charge in [-0.25, -0.2) is 13.2 Å². The van der Waals surface area contributed by atoms with E-state index >= 15 is 0 Å². The van der Waals surface area contributed by atoms with Gasteiger partial charge in [-0.05, 0) is 49.2 Å². The van der Waals surface area contributed by atoms with Crippen LogP contribution in [0.1, 0.15) is 11.1 Å². The molecule has 2 rings (SSSR count). The highest BCUT2D eigenvalue weighted by Gasteiger charge is 2.17. The van der Waals surface area contributed by atoms with Crippen LogP contribution in [0, 0.1) is 13.8 Å². The largest absolute Gasteiger partial charge is 0.351 e. The lowest BCUT2D eigenvalue weighted by molar-refractivity contribution is 0.259. The number of carbonyl (C=O) groups is 1. The van der Waals surface area contributed by atoms with Crippen molar-refractivity contribution in [2.45, 2.75) is 18.7 Å². The highest BCUT2D eigenvalue weighted by molar-refractivity contribution is 7.92. The second-order valence-corrected chi connectivity index (χ2v) is 6.60. The summed E-state index contributed by atoms with van der Waals surface area (Å²) in [4.78, 5) is 11.1. The Morgan fingerprint density at radius 2 is 1.73 bits per heavy atom. The van der Waals surface area contributed by atoms with Crippen molar-refractivity contribution < 1.29 is 13.2 Å². The molecule has 0 radical (unpaired) electrons. The van der Waals surface area contributed by atoms with Crippen molar-refractivity contribution in [2.24, 2.45) is 5.73 Å². The summed E-state index contributed by atoms with van der Waals surface area (Å²) in [6.45, 7) is 3.56. The summed E-state index contributed by atoms with van der Waals surface area (Å²) in [5, 5.41) is 2.40. The number of anilines is 2. The first-order valence-corrected chi connectivity index (χ1v) is 8.03. The van der Waals surface area contributed by atoms with E-state index in [-0.39, 0.29) is 4.90 Å². The van der Waals surface area contributed by atoms with Gasteiger partial charge in [-0.3, -0.25) is 4.72 Å². The standard InChI is InChI=1S/C15H17N3O3S/c1-10-6-7-11(2)14(8-10)22(20,21)18-13-5-3-4-12(9-13)17-15(16)19/h3-9,18H,1-2H3,(H3,16,17,19). The normalized spacial score (nSPS) is 11.0. The molecule has 7 heteroatoms. The first-order chi connectivity index (χ1) is 10.3. The Hall–Kier alpha value is -2.54. The van der Waals surface area contributed by atoms with Crippen molar-refractivity contribution in [2.75, 3.05) is 10.0 Å². The molecule has 22 heavy (non-hydrogen) atoms. The molecule has 0 aromatic heterocycles. The fourth-order valence-corrected chi connectivity index (χ4v) is 3.39. The molecule has 0 saturated carbocycles. The number of aryl methyl sites for hydroxylation is 2. The van der Waals surface area contributed by atoms with Crippen LogP contribution in [0.25, 0.3) is 0 Å². The third kappa shape index (κ3) is 3.76. The van der Waals surface area contributed by atoms with Gasteiger partial charge >= 0.3 is 6.03 Å². The van der Waals surface area contributed by atoms with Gasteiger partial charge in [0.25, 0.3) is 10.0 Å². The number of urea groups is 1. The molecule has 0 atom stereocenters. The summed E-state index contributed by atoms with van der Waals surface area (Å²) in [7, 11) is -3.71. The maximum absolute atomic E-state index is 12.5. The van der Waals surface area contributed by atoms with Crippen LogP contribution in [0.4, 0.5) is 16.2 Å². The van der Waals surface area contributed by atoms with E-state index < -0.39 is 16.1 Å². The summed E-state index contributed by atoms with van der Waals surface area (Å²) < 4.78 is 27.5. The Kier molecular flexibility index (Phi) is 4.37. The Labute approximate surface area is 129 Å². The average Bonchev–Trinajstić information content (AvgIpc) is 2.40. The molecule has 0 aliphatic rings. The van der Waals surface area contributed by atoms with E-state index in [1.807, 2.05) is 13.0 Å². The van der Waals surface area contributed by atoms with Crippen molar-refractivity contribution in [3.8, 4) is 0 Å². The number of rotatable bonds is 4. The molecule has 0 fully saturated rings. The minimum atomic E-state index is -3.71. The summed E-state index contributed by atoms with van der Waals surface area (Å²) in [6, 6.07) is 10.8. The van der Waals surface area contributed by atoms with E-state index in [9.17, 15) is 13.2 Å². The molecular weight excluding hydrogens is 302 g/mol. The zero-order valence-corrected chi connectivity index (χ0v) is 13.1. The first-order valence-electron chi connectivity index (χ1n) is 6.54. The predicted molar refractivity (Wildman–Crippen MR) is 86.4 cm³/mol. The van der Waals surface area contributed by atoms with Crippen LogP contribution in [0.3, 0.4) is 0 Å². The number of hydrogen-bond donors (Lipinski definition) is 3. The van der Waals surface area contributed by atoms with Crippen molar-refractivity contribution in [1.29, 1.82) is 0 Å². The number of amides is 2. The number of benzene rings is 2. The third-order valence-electron chi connectivity index (χ3n) is 3.02. The van der Waals surface area contributed by atoms with Crippen molar-refractivity contribution >= 4 is 27.4 Å².